The summed E-state index contributed by atoms with van der Waals surface area (Å²) in [6, 6.07) is 6.52. The van der Waals surface area contributed by atoms with E-state index in [9.17, 15) is 4.79 Å². The van der Waals surface area contributed by atoms with Crippen molar-refractivity contribution in [2.24, 2.45) is 0 Å². The lowest BCUT2D eigenvalue weighted by Crippen LogP contribution is -2.28. The SMILES string of the molecule is C[C@H]1CCc2c(ccc3c2nc(CCn2cccn2)n3CC(=O)NCc2ncco2)N1. The number of carbonyl (C=O) groups excluding carboxylic acids is 1. The molecule has 2 N–H and O–H groups in total. The number of aryl methyl sites for hydroxylation is 3. The van der Waals surface area contributed by atoms with E-state index in [2.05, 4.69) is 39.8 Å². The fourth-order valence-corrected chi connectivity index (χ4v) is 4.11. The van der Waals surface area contributed by atoms with Gasteiger partial charge in [-0.2, -0.15) is 5.10 Å². The van der Waals surface area contributed by atoms with E-state index < -0.39 is 0 Å². The minimum atomic E-state index is -0.109. The zero-order chi connectivity index (χ0) is 21.2. The normalized spacial score (nSPS) is 15.6. The summed E-state index contributed by atoms with van der Waals surface area (Å²) in [7, 11) is 0. The van der Waals surface area contributed by atoms with Crippen LogP contribution in [0.3, 0.4) is 0 Å². The van der Waals surface area contributed by atoms with Gasteiger partial charge in [0, 0.05) is 42.7 Å². The first-order chi connectivity index (χ1) is 15.2. The molecule has 4 heterocycles. The van der Waals surface area contributed by atoms with Gasteiger partial charge in [-0.1, -0.05) is 0 Å². The molecule has 1 atom stereocenters. The van der Waals surface area contributed by atoms with Crippen LogP contribution in [0.2, 0.25) is 0 Å². The van der Waals surface area contributed by atoms with Crippen LogP contribution >= 0.6 is 0 Å². The lowest BCUT2D eigenvalue weighted by atomic mass is 9.98. The van der Waals surface area contributed by atoms with Gasteiger partial charge in [-0.25, -0.2) is 9.97 Å². The molecule has 160 valence electrons. The number of rotatable bonds is 7. The van der Waals surface area contributed by atoms with Gasteiger partial charge >= 0.3 is 0 Å². The maximum atomic E-state index is 12.7. The van der Waals surface area contributed by atoms with Crippen LogP contribution in [0.25, 0.3) is 11.0 Å². The van der Waals surface area contributed by atoms with Gasteiger partial charge in [-0.3, -0.25) is 9.48 Å². The molecule has 0 radical (unpaired) electrons. The summed E-state index contributed by atoms with van der Waals surface area (Å²) in [4.78, 5) is 21.7. The Kier molecular flexibility index (Phi) is 5.15. The Balaban J connectivity index is 1.44. The average molecular weight is 419 g/mol. The quantitative estimate of drug-likeness (QED) is 0.477. The van der Waals surface area contributed by atoms with E-state index >= 15 is 0 Å². The van der Waals surface area contributed by atoms with E-state index in [1.54, 1.807) is 12.4 Å². The summed E-state index contributed by atoms with van der Waals surface area (Å²) in [6.07, 6.45) is 9.49. The Morgan fingerprint density at radius 2 is 2.29 bits per heavy atom. The first-order valence-electron chi connectivity index (χ1n) is 10.6. The molecule has 1 amide bonds. The van der Waals surface area contributed by atoms with E-state index in [1.165, 1.54) is 11.8 Å². The lowest BCUT2D eigenvalue weighted by molar-refractivity contribution is -0.121. The fourth-order valence-electron chi connectivity index (χ4n) is 4.11. The van der Waals surface area contributed by atoms with Crippen molar-refractivity contribution < 1.29 is 9.21 Å². The number of nitrogens with one attached hydrogen (secondary N) is 2. The number of hydrogen-bond donors (Lipinski definition) is 2. The smallest absolute Gasteiger partial charge is 0.240 e. The standard InChI is InChI=1S/C22H25N7O2/c1-15-3-4-16-17(26-15)5-6-18-22(16)27-19(7-11-28-10-2-8-25-28)29(18)14-20(30)24-13-21-23-9-12-31-21/h2,5-6,8-10,12,15,26H,3-4,7,11,13-14H2,1H3,(H,24,30)/t15-/m0/s1. The Hall–Kier alpha value is -3.62. The van der Waals surface area contributed by atoms with Gasteiger partial charge in [0.1, 0.15) is 18.6 Å². The monoisotopic (exact) mass is 419 g/mol. The predicted octanol–water partition coefficient (Wildman–Crippen LogP) is 2.53. The van der Waals surface area contributed by atoms with Crippen LogP contribution in [0.4, 0.5) is 5.69 Å². The van der Waals surface area contributed by atoms with Crippen molar-refractivity contribution in [2.45, 2.75) is 51.9 Å². The second-order valence-electron chi connectivity index (χ2n) is 7.88. The van der Waals surface area contributed by atoms with Crippen molar-refractivity contribution in [3.63, 3.8) is 0 Å². The van der Waals surface area contributed by atoms with Gasteiger partial charge in [0.25, 0.3) is 0 Å². The molecule has 0 saturated heterocycles. The molecule has 1 aliphatic rings. The number of imidazole rings is 1. The van der Waals surface area contributed by atoms with Crippen LogP contribution in [0.15, 0.2) is 47.5 Å². The third-order valence-corrected chi connectivity index (χ3v) is 5.68. The maximum Gasteiger partial charge on any atom is 0.240 e. The zero-order valence-corrected chi connectivity index (χ0v) is 17.4. The highest BCUT2D eigenvalue weighted by atomic mass is 16.3. The third kappa shape index (κ3) is 4.03. The Morgan fingerprint density at radius 3 is 3.10 bits per heavy atom. The first kappa shape index (κ1) is 19.3. The minimum Gasteiger partial charge on any atom is -0.447 e. The molecule has 0 unspecified atom stereocenters. The van der Waals surface area contributed by atoms with Crippen molar-refractivity contribution in [3.05, 3.63) is 60.3 Å². The Morgan fingerprint density at radius 1 is 1.35 bits per heavy atom. The summed E-state index contributed by atoms with van der Waals surface area (Å²) in [5.41, 5.74) is 4.34. The number of fused-ring (bicyclic) bond motifs is 3. The highest BCUT2D eigenvalue weighted by Crippen LogP contribution is 2.32. The number of oxazole rings is 1. The van der Waals surface area contributed by atoms with Gasteiger partial charge in [0.15, 0.2) is 0 Å². The largest absolute Gasteiger partial charge is 0.447 e. The van der Waals surface area contributed by atoms with Crippen molar-refractivity contribution >= 4 is 22.6 Å². The molecule has 4 aromatic rings. The molecule has 31 heavy (non-hydrogen) atoms. The van der Waals surface area contributed by atoms with Crippen molar-refractivity contribution in [1.29, 1.82) is 0 Å². The molecule has 0 aliphatic carbocycles. The molecule has 0 bridgehead atoms. The average Bonchev–Trinajstić information content (AvgIpc) is 3.52. The summed E-state index contributed by atoms with van der Waals surface area (Å²) in [5.74, 6) is 1.25. The lowest BCUT2D eigenvalue weighted by Gasteiger charge is -2.24. The van der Waals surface area contributed by atoms with Gasteiger partial charge in [-0.05, 0) is 38.0 Å². The van der Waals surface area contributed by atoms with E-state index in [-0.39, 0.29) is 19.0 Å². The second-order valence-corrected chi connectivity index (χ2v) is 7.88. The number of anilines is 1. The number of benzene rings is 1. The van der Waals surface area contributed by atoms with E-state index in [0.29, 0.717) is 24.9 Å². The van der Waals surface area contributed by atoms with Crippen molar-refractivity contribution in [3.8, 4) is 0 Å². The topological polar surface area (TPSA) is 103 Å². The van der Waals surface area contributed by atoms with Gasteiger partial charge < -0.3 is 19.6 Å². The van der Waals surface area contributed by atoms with Crippen LogP contribution in [0.1, 0.15) is 30.6 Å². The van der Waals surface area contributed by atoms with E-state index in [0.717, 1.165) is 35.4 Å². The van der Waals surface area contributed by atoms with Crippen LogP contribution < -0.4 is 10.6 Å². The van der Waals surface area contributed by atoms with Crippen LogP contribution in [0, 0.1) is 0 Å². The molecule has 3 aromatic heterocycles. The van der Waals surface area contributed by atoms with Gasteiger partial charge in [0.2, 0.25) is 11.8 Å². The second kappa shape index (κ2) is 8.25. The number of nitrogens with zero attached hydrogens (tertiary/aromatic N) is 5. The Bertz CT molecular complexity index is 1180. The van der Waals surface area contributed by atoms with Crippen LogP contribution in [-0.4, -0.2) is 36.3 Å². The molecular formula is C22H25N7O2. The summed E-state index contributed by atoms with van der Waals surface area (Å²) in [6.45, 7) is 3.34. The molecule has 0 saturated carbocycles. The Labute approximate surface area is 179 Å². The fraction of sp³-hybridized carbons (Fsp3) is 0.364. The molecule has 1 aromatic carbocycles. The van der Waals surface area contributed by atoms with Crippen LogP contribution in [0.5, 0.6) is 0 Å². The summed E-state index contributed by atoms with van der Waals surface area (Å²) >= 11 is 0. The zero-order valence-electron chi connectivity index (χ0n) is 17.4. The molecular weight excluding hydrogens is 394 g/mol. The maximum absolute atomic E-state index is 12.7. The molecule has 9 heteroatoms. The van der Waals surface area contributed by atoms with Gasteiger partial charge in [-0.15, -0.1) is 0 Å². The number of amides is 1. The number of hydrogen-bond acceptors (Lipinski definition) is 6. The molecule has 1 aliphatic heterocycles. The minimum absolute atomic E-state index is 0.109. The van der Waals surface area contributed by atoms with Crippen LogP contribution in [-0.2, 0) is 37.3 Å². The van der Waals surface area contributed by atoms with Crippen molar-refractivity contribution in [2.75, 3.05) is 5.32 Å². The first-order valence-corrected chi connectivity index (χ1v) is 10.6. The van der Waals surface area contributed by atoms with E-state index in [1.807, 2.05) is 21.5 Å². The molecule has 5 rings (SSSR count). The van der Waals surface area contributed by atoms with E-state index in [4.69, 9.17) is 9.40 Å². The molecule has 0 fully saturated rings. The highest BCUT2D eigenvalue weighted by Gasteiger charge is 2.22. The van der Waals surface area contributed by atoms with Gasteiger partial charge in [0.05, 0.1) is 23.8 Å². The molecule has 9 nitrogen and oxygen atoms in total. The summed E-state index contributed by atoms with van der Waals surface area (Å²) < 4.78 is 9.10. The predicted molar refractivity (Wildman–Crippen MR) is 115 cm³/mol. The molecule has 0 spiro atoms. The number of aromatic nitrogens is 5. The number of carbonyl (C=O) groups is 1. The van der Waals surface area contributed by atoms with Crippen molar-refractivity contribution in [1.82, 2.24) is 29.6 Å². The summed E-state index contributed by atoms with van der Waals surface area (Å²) in [5, 5.41) is 10.7. The highest BCUT2D eigenvalue weighted by molar-refractivity contribution is 5.87. The third-order valence-electron chi connectivity index (χ3n) is 5.68.